The third-order valence-corrected chi connectivity index (χ3v) is 5.43. The van der Waals surface area contributed by atoms with E-state index >= 15 is 0 Å². The van der Waals surface area contributed by atoms with Crippen LogP contribution in [-0.2, 0) is 20.8 Å². The summed E-state index contributed by atoms with van der Waals surface area (Å²) < 4.78 is 36.3. The van der Waals surface area contributed by atoms with Crippen molar-refractivity contribution in [1.29, 1.82) is 0 Å². The highest BCUT2D eigenvalue weighted by Crippen LogP contribution is 2.30. The highest BCUT2D eigenvalue weighted by atomic mass is 19.1. The summed E-state index contributed by atoms with van der Waals surface area (Å²) in [7, 11) is 1.34. The van der Waals surface area contributed by atoms with Crippen molar-refractivity contribution in [3.63, 3.8) is 0 Å². The summed E-state index contributed by atoms with van der Waals surface area (Å²) in [6, 6.07) is 4.92. The minimum absolute atomic E-state index is 0.101. The molecule has 2 aliphatic rings. The maximum Gasteiger partial charge on any atom is 0.407 e. The molecule has 1 unspecified atom stereocenters. The van der Waals surface area contributed by atoms with E-state index < -0.39 is 6.09 Å². The normalized spacial score (nSPS) is 22.7. The molecule has 29 heavy (non-hydrogen) atoms. The molecule has 0 saturated heterocycles. The molecule has 1 aromatic rings. The van der Waals surface area contributed by atoms with E-state index in [1.807, 2.05) is 13.0 Å². The van der Waals surface area contributed by atoms with Crippen molar-refractivity contribution in [1.82, 2.24) is 5.32 Å². The number of methoxy groups -OCH3 is 1. The molecule has 0 spiro atoms. The Morgan fingerprint density at radius 1 is 1.14 bits per heavy atom. The van der Waals surface area contributed by atoms with Gasteiger partial charge in [0.2, 0.25) is 0 Å². The maximum absolute atomic E-state index is 14.3. The number of benzene rings is 1. The third-order valence-electron chi connectivity index (χ3n) is 5.43. The Morgan fingerprint density at radius 2 is 1.83 bits per heavy atom. The monoisotopic (exact) mass is 409 g/mol. The van der Waals surface area contributed by atoms with Gasteiger partial charge in [0.25, 0.3) is 0 Å². The summed E-state index contributed by atoms with van der Waals surface area (Å²) >= 11 is 0. The van der Waals surface area contributed by atoms with Gasteiger partial charge in [-0.1, -0.05) is 6.07 Å². The van der Waals surface area contributed by atoms with E-state index in [1.54, 1.807) is 6.07 Å². The molecule has 1 N–H and O–H groups in total. The predicted molar refractivity (Wildman–Crippen MR) is 106 cm³/mol. The van der Waals surface area contributed by atoms with Gasteiger partial charge < -0.3 is 24.3 Å². The third kappa shape index (κ3) is 7.48. The van der Waals surface area contributed by atoms with Crippen molar-refractivity contribution in [2.75, 3.05) is 20.3 Å². The van der Waals surface area contributed by atoms with Gasteiger partial charge in [-0.05, 0) is 57.4 Å². The fraction of sp³-hybridized carbons (Fsp3) is 0.682. The highest BCUT2D eigenvalue weighted by Gasteiger charge is 2.24. The molecule has 6 nitrogen and oxygen atoms in total. The zero-order valence-electron chi connectivity index (χ0n) is 17.3. The van der Waals surface area contributed by atoms with Gasteiger partial charge in [-0.3, -0.25) is 0 Å². The van der Waals surface area contributed by atoms with Crippen LogP contribution < -0.4 is 10.1 Å². The first-order chi connectivity index (χ1) is 14.0. The Balaban J connectivity index is 1.32. The number of alkyl carbamates (subject to hydrolysis) is 1. The van der Waals surface area contributed by atoms with E-state index in [0.29, 0.717) is 30.4 Å². The molecule has 2 saturated carbocycles. The van der Waals surface area contributed by atoms with Crippen LogP contribution in [-0.4, -0.2) is 44.7 Å². The number of hydrogen-bond donors (Lipinski definition) is 1. The lowest BCUT2D eigenvalue weighted by Crippen LogP contribution is -2.37. The van der Waals surface area contributed by atoms with Crippen molar-refractivity contribution >= 4 is 6.09 Å². The molecule has 0 aromatic heterocycles. The fourth-order valence-corrected chi connectivity index (χ4v) is 3.39. The van der Waals surface area contributed by atoms with Gasteiger partial charge >= 0.3 is 6.09 Å². The van der Waals surface area contributed by atoms with Crippen LogP contribution in [0, 0.1) is 11.7 Å². The maximum atomic E-state index is 14.3. The molecule has 1 atom stereocenters. The number of amides is 1. The van der Waals surface area contributed by atoms with E-state index in [-0.39, 0.29) is 30.7 Å². The summed E-state index contributed by atoms with van der Waals surface area (Å²) in [5, 5.41) is 2.69. The van der Waals surface area contributed by atoms with Gasteiger partial charge in [0.1, 0.15) is 11.6 Å². The van der Waals surface area contributed by atoms with Crippen LogP contribution in [0.1, 0.15) is 51.0 Å². The summed E-state index contributed by atoms with van der Waals surface area (Å²) in [6.07, 6.45) is 5.81. The molecular weight excluding hydrogens is 377 g/mol. The van der Waals surface area contributed by atoms with Crippen molar-refractivity contribution in [3.8, 4) is 5.75 Å². The number of carbonyl (C=O) groups excluding carboxylic acids is 1. The Labute approximate surface area is 172 Å². The smallest absolute Gasteiger partial charge is 0.407 e. The lowest BCUT2D eigenvalue weighted by atomic mass is 9.95. The van der Waals surface area contributed by atoms with Crippen LogP contribution in [0.2, 0.25) is 0 Å². The number of rotatable bonds is 10. The Hall–Kier alpha value is -1.86. The summed E-state index contributed by atoms with van der Waals surface area (Å²) in [4.78, 5) is 11.2. The second kappa shape index (κ2) is 10.8. The van der Waals surface area contributed by atoms with E-state index in [4.69, 9.17) is 14.2 Å². The SMILES string of the molecule is COC(=O)NC(C)COC1CCC(OCc2ccc(OCC3CC3)cc2F)CC1. The van der Waals surface area contributed by atoms with Gasteiger partial charge in [-0.15, -0.1) is 0 Å². The highest BCUT2D eigenvalue weighted by molar-refractivity contribution is 5.67. The molecule has 162 valence electrons. The van der Waals surface area contributed by atoms with Crippen LogP contribution in [0.15, 0.2) is 18.2 Å². The Kier molecular flexibility index (Phi) is 8.12. The average Bonchev–Trinajstić information content (AvgIpc) is 3.55. The number of ether oxygens (including phenoxy) is 4. The van der Waals surface area contributed by atoms with Crippen LogP contribution >= 0.6 is 0 Å². The van der Waals surface area contributed by atoms with Gasteiger partial charge in [-0.25, -0.2) is 9.18 Å². The van der Waals surface area contributed by atoms with Crippen molar-refractivity contribution in [2.45, 2.75) is 70.3 Å². The lowest BCUT2D eigenvalue weighted by molar-refractivity contribution is -0.0405. The van der Waals surface area contributed by atoms with Crippen LogP contribution in [0.5, 0.6) is 5.75 Å². The van der Waals surface area contributed by atoms with Crippen LogP contribution in [0.4, 0.5) is 9.18 Å². The molecule has 7 heteroatoms. The van der Waals surface area contributed by atoms with Crippen molar-refractivity contribution in [2.24, 2.45) is 5.92 Å². The van der Waals surface area contributed by atoms with Gasteiger partial charge in [0.15, 0.2) is 0 Å². The zero-order valence-corrected chi connectivity index (χ0v) is 17.3. The largest absolute Gasteiger partial charge is 0.493 e. The molecule has 0 heterocycles. The predicted octanol–water partition coefficient (Wildman–Crippen LogP) is 4.20. The second-order valence-electron chi connectivity index (χ2n) is 8.09. The summed E-state index contributed by atoms with van der Waals surface area (Å²) in [5.74, 6) is 0.960. The molecule has 2 fully saturated rings. The van der Waals surface area contributed by atoms with Gasteiger partial charge in [0, 0.05) is 11.6 Å². The zero-order chi connectivity index (χ0) is 20.6. The fourth-order valence-electron chi connectivity index (χ4n) is 3.39. The van der Waals surface area contributed by atoms with E-state index in [1.165, 1.54) is 26.0 Å². The number of nitrogens with one attached hydrogen (secondary N) is 1. The molecule has 0 radical (unpaired) electrons. The molecule has 1 amide bonds. The Morgan fingerprint density at radius 3 is 2.45 bits per heavy atom. The first-order valence-electron chi connectivity index (χ1n) is 10.5. The standard InChI is InChI=1S/C22H32FNO5/c1-15(24-22(25)26-2)12-27-18-7-9-19(10-8-18)29-14-17-5-6-20(11-21(17)23)28-13-16-3-4-16/h5-6,11,15-16,18-19H,3-4,7-10,12-14H2,1-2H3,(H,24,25). The number of carbonyl (C=O) groups is 1. The second-order valence-corrected chi connectivity index (χ2v) is 8.09. The first kappa shape index (κ1) is 21.8. The molecule has 3 rings (SSSR count). The quantitative estimate of drug-likeness (QED) is 0.627. The summed E-state index contributed by atoms with van der Waals surface area (Å²) in [5.41, 5.74) is 0.560. The van der Waals surface area contributed by atoms with E-state index in [9.17, 15) is 9.18 Å². The minimum Gasteiger partial charge on any atom is -0.493 e. The van der Waals surface area contributed by atoms with E-state index in [2.05, 4.69) is 10.1 Å². The molecule has 2 aliphatic carbocycles. The van der Waals surface area contributed by atoms with Crippen LogP contribution in [0.3, 0.4) is 0 Å². The topological polar surface area (TPSA) is 66.0 Å². The molecule has 1 aromatic carbocycles. The van der Waals surface area contributed by atoms with Crippen LogP contribution in [0.25, 0.3) is 0 Å². The van der Waals surface area contributed by atoms with Crippen molar-refractivity contribution < 1.29 is 28.1 Å². The number of halogens is 1. The lowest BCUT2D eigenvalue weighted by Gasteiger charge is -2.29. The Bertz CT molecular complexity index is 659. The average molecular weight is 409 g/mol. The number of hydrogen-bond acceptors (Lipinski definition) is 5. The van der Waals surface area contributed by atoms with Gasteiger partial charge in [0.05, 0.1) is 45.2 Å². The van der Waals surface area contributed by atoms with Crippen molar-refractivity contribution in [3.05, 3.63) is 29.6 Å². The molecular formula is C22H32FNO5. The first-order valence-corrected chi connectivity index (χ1v) is 10.5. The molecule has 0 aliphatic heterocycles. The molecule has 0 bridgehead atoms. The summed E-state index contributed by atoms with van der Waals surface area (Å²) in [6.45, 7) is 3.28. The minimum atomic E-state index is -0.451. The van der Waals surface area contributed by atoms with E-state index in [0.717, 1.165) is 25.7 Å². The van der Waals surface area contributed by atoms with Gasteiger partial charge in [-0.2, -0.15) is 0 Å².